The topological polar surface area (TPSA) is 98.5 Å². The van der Waals surface area contributed by atoms with Gasteiger partial charge in [0.25, 0.3) is 5.69 Å². The van der Waals surface area contributed by atoms with Crippen LogP contribution in [0.25, 0.3) is 0 Å². The van der Waals surface area contributed by atoms with Crippen molar-refractivity contribution in [1.29, 1.82) is 0 Å². The third kappa shape index (κ3) is 5.89. The van der Waals surface area contributed by atoms with Gasteiger partial charge < -0.3 is 4.74 Å². The summed E-state index contributed by atoms with van der Waals surface area (Å²) in [5.74, 6) is 0. The molecule has 7 nitrogen and oxygen atoms in total. The van der Waals surface area contributed by atoms with Crippen molar-refractivity contribution < 1.29 is 18.1 Å². The predicted molar refractivity (Wildman–Crippen MR) is 88.1 cm³/mol. The van der Waals surface area contributed by atoms with E-state index in [0.717, 1.165) is 18.9 Å². The summed E-state index contributed by atoms with van der Waals surface area (Å²) in [6, 6.07) is 2.47. The van der Waals surface area contributed by atoms with Gasteiger partial charge in [-0.05, 0) is 37.8 Å². The lowest BCUT2D eigenvalue weighted by Gasteiger charge is -2.11. The van der Waals surface area contributed by atoms with Gasteiger partial charge in [-0.2, -0.15) is 0 Å². The maximum absolute atomic E-state index is 12.3. The quantitative estimate of drug-likeness (QED) is 0.400. The van der Waals surface area contributed by atoms with Gasteiger partial charge in [-0.3, -0.25) is 10.1 Å². The number of benzene rings is 1. The molecule has 0 unspecified atom stereocenters. The van der Waals surface area contributed by atoms with E-state index in [4.69, 9.17) is 4.74 Å². The van der Waals surface area contributed by atoms with Crippen molar-refractivity contribution in [2.75, 3.05) is 19.8 Å². The van der Waals surface area contributed by atoms with Gasteiger partial charge in [0.2, 0.25) is 10.0 Å². The highest BCUT2D eigenvalue weighted by Gasteiger charge is 2.21. The number of aryl methyl sites for hydroxylation is 1. The van der Waals surface area contributed by atoms with Crippen LogP contribution in [0.2, 0.25) is 0 Å². The SMILES string of the molecule is CCCCOCCCNS(=O)(=O)c1cc([N+](=O)[O-])cc(C)c1C. The summed E-state index contributed by atoms with van der Waals surface area (Å²) in [7, 11) is -3.78. The van der Waals surface area contributed by atoms with Crippen LogP contribution in [0.1, 0.15) is 37.3 Å². The second-order valence-electron chi connectivity index (χ2n) is 5.36. The lowest BCUT2D eigenvalue weighted by molar-refractivity contribution is -0.385. The average Bonchev–Trinajstić information content (AvgIpc) is 2.48. The van der Waals surface area contributed by atoms with Crippen LogP contribution in [0.15, 0.2) is 17.0 Å². The Morgan fingerprint density at radius 3 is 2.48 bits per heavy atom. The number of unbranched alkanes of at least 4 members (excludes halogenated alkanes) is 1. The first-order valence-corrected chi connectivity index (χ1v) is 9.11. The number of rotatable bonds is 10. The number of sulfonamides is 1. The van der Waals surface area contributed by atoms with Crippen LogP contribution in [0.5, 0.6) is 0 Å². The lowest BCUT2D eigenvalue weighted by atomic mass is 10.1. The van der Waals surface area contributed by atoms with Gasteiger partial charge >= 0.3 is 0 Å². The summed E-state index contributed by atoms with van der Waals surface area (Å²) in [6.45, 7) is 6.75. The molecule has 0 aliphatic rings. The Morgan fingerprint density at radius 1 is 1.22 bits per heavy atom. The van der Waals surface area contributed by atoms with Crippen molar-refractivity contribution in [2.24, 2.45) is 0 Å². The van der Waals surface area contributed by atoms with E-state index in [-0.39, 0.29) is 17.1 Å². The van der Waals surface area contributed by atoms with Gasteiger partial charge in [-0.15, -0.1) is 0 Å². The molecule has 0 spiro atoms. The van der Waals surface area contributed by atoms with Crippen LogP contribution < -0.4 is 4.72 Å². The zero-order chi connectivity index (χ0) is 17.5. The van der Waals surface area contributed by atoms with E-state index in [9.17, 15) is 18.5 Å². The summed E-state index contributed by atoms with van der Waals surface area (Å²) in [4.78, 5) is 10.3. The average molecular weight is 344 g/mol. The molecule has 0 bridgehead atoms. The zero-order valence-corrected chi connectivity index (χ0v) is 14.6. The normalized spacial score (nSPS) is 11.6. The first-order chi connectivity index (χ1) is 10.8. The number of non-ortho nitro benzene ring substituents is 1. The van der Waals surface area contributed by atoms with Gasteiger partial charge in [0, 0.05) is 31.9 Å². The molecule has 0 aliphatic heterocycles. The molecule has 0 fully saturated rings. The summed E-state index contributed by atoms with van der Waals surface area (Å²) < 4.78 is 32.5. The number of ether oxygens (including phenoxy) is 1. The number of hydrogen-bond donors (Lipinski definition) is 1. The largest absolute Gasteiger partial charge is 0.381 e. The molecule has 0 atom stereocenters. The first kappa shape index (κ1) is 19.5. The summed E-state index contributed by atoms with van der Waals surface area (Å²) >= 11 is 0. The van der Waals surface area contributed by atoms with Crippen molar-refractivity contribution in [3.8, 4) is 0 Å². The van der Waals surface area contributed by atoms with Crippen molar-refractivity contribution in [3.05, 3.63) is 33.4 Å². The third-order valence-corrected chi connectivity index (χ3v) is 5.09. The minimum absolute atomic E-state index is 0.0453. The maximum atomic E-state index is 12.3. The van der Waals surface area contributed by atoms with Crippen molar-refractivity contribution in [3.63, 3.8) is 0 Å². The Bertz CT molecular complexity index is 644. The number of nitro groups is 1. The Kier molecular flexibility index (Phi) is 7.60. The van der Waals surface area contributed by atoms with Crippen LogP contribution in [-0.2, 0) is 14.8 Å². The molecular weight excluding hydrogens is 320 g/mol. The van der Waals surface area contributed by atoms with E-state index in [2.05, 4.69) is 11.6 Å². The van der Waals surface area contributed by atoms with Gasteiger partial charge in [-0.1, -0.05) is 13.3 Å². The highest BCUT2D eigenvalue weighted by atomic mass is 32.2. The molecule has 1 aromatic carbocycles. The fourth-order valence-corrected chi connectivity index (χ4v) is 3.41. The lowest BCUT2D eigenvalue weighted by Crippen LogP contribution is -2.26. The van der Waals surface area contributed by atoms with Gasteiger partial charge in [0.15, 0.2) is 0 Å². The van der Waals surface area contributed by atoms with Crippen molar-refractivity contribution >= 4 is 15.7 Å². The zero-order valence-electron chi connectivity index (χ0n) is 13.8. The Morgan fingerprint density at radius 2 is 1.87 bits per heavy atom. The molecule has 0 saturated carbocycles. The number of nitrogens with zero attached hydrogens (tertiary/aromatic N) is 1. The van der Waals surface area contributed by atoms with Crippen molar-refractivity contribution in [1.82, 2.24) is 4.72 Å². The number of nitro benzene ring substituents is 1. The molecular formula is C15H24N2O5S. The highest BCUT2D eigenvalue weighted by Crippen LogP contribution is 2.25. The van der Waals surface area contributed by atoms with Crippen LogP contribution in [0.4, 0.5) is 5.69 Å². The van der Waals surface area contributed by atoms with E-state index in [0.29, 0.717) is 30.8 Å². The molecule has 1 aromatic rings. The molecule has 130 valence electrons. The second kappa shape index (κ2) is 8.95. The maximum Gasteiger partial charge on any atom is 0.271 e. The molecule has 1 rings (SSSR count). The third-order valence-electron chi connectivity index (χ3n) is 3.50. The summed E-state index contributed by atoms with van der Waals surface area (Å²) in [5, 5.41) is 10.9. The monoisotopic (exact) mass is 344 g/mol. The van der Waals surface area contributed by atoms with Gasteiger partial charge in [0.1, 0.15) is 0 Å². The first-order valence-electron chi connectivity index (χ1n) is 7.62. The van der Waals surface area contributed by atoms with E-state index < -0.39 is 14.9 Å². The van der Waals surface area contributed by atoms with E-state index in [1.54, 1.807) is 13.8 Å². The minimum atomic E-state index is -3.78. The molecule has 0 aliphatic carbocycles. The summed E-state index contributed by atoms with van der Waals surface area (Å²) in [6.07, 6.45) is 2.59. The smallest absolute Gasteiger partial charge is 0.271 e. The van der Waals surface area contributed by atoms with Crippen molar-refractivity contribution in [2.45, 2.75) is 44.9 Å². The Balaban J connectivity index is 2.71. The van der Waals surface area contributed by atoms with E-state index >= 15 is 0 Å². The summed E-state index contributed by atoms with van der Waals surface area (Å²) in [5.41, 5.74) is 0.862. The molecule has 1 N–H and O–H groups in total. The number of hydrogen-bond acceptors (Lipinski definition) is 5. The fourth-order valence-electron chi connectivity index (χ4n) is 2.00. The molecule has 0 saturated heterocycles. The highest BCUT2D eigenvalue weighted by molar-refractivity contribution is 7.89. The second-order valence-corrected chi connectivity index (χ2v) is 7.10. The van der Waals surface area contributed by atoms with E-state index in [1.165, 1.54) is 6.07 Å². The van der Waals surface area contributed by atoms with E-state index in [1.807, 2.05) is 0 Å². The standard InChI is InChI=1S/C15H24N2O5S/c1-4-5-8-22-9-6-7-16-23(20,21)15-11-14(17(18)19)10-12(2)13(15)3/h10-11,16H,4-9H2,1-3H3. The van der Waals surface area contributed by atoms with Crippen LogP contribution in [0, 0.1) is 24.0 Å². The van der Waals surface area contributed by atoms with Gasteiger partial charge in [-0.25, -0.2) is 13.1 Å². The van der Waals surface area contributed by atoms with Crippen LogP contribution in [-0.4, -0.2) is 33.1 Å². The van der Waals surface area contributed by atoms with Crippen LogP contribution in [0.3, 0.4) is 0 Å². The number of nitrogens with one attached hydrogen (secondary N) is 1. The fraction of sp³-hybridized carbons (Fsp3) is 0.600. The molecule has 0 radical (unpaired) electrons. The molecule has 8 heteroatoms. The van der Waals surface area contributed by atoms with Crippen LogP contribution >= 0.6 is 0 Å². The Labute approximate surface area is 137 Å². The Hall–Kier alpha value is -1.51. The molecule has 0 amide bonds. The molecule has 0 heterocycles. The van der Waals surface area contributed by atoms with Gasteiger partial charge in [0.05, 0.1) is 9.82 Å². The minimum Gasteiger partial charge on any atom is -0.381 e. The molecule has 23 heavy (non-hydrogen) atoms. The molecule has 0 aromatic heterocycles. The predicted octanol–water partition coefficient (Wildman–Crippen LogP) is 2.70.